The van der Waals surface area contributed by atoms with Gasteiger partial charge in [0.25, 0.3) is 0 Å². The van der Waals surface area contributed by atoms with Gasteiger partial charge in [-0.25, -0.2) is 4.79 Å². The third-order valence-electron chi connectivity index (χ3n) is 8.02. The third-order valence-corrected chi connectivity index (χ3v) is 8.52. The Morgan fingerprint density at radius 1 is 1.14 bits per heavy atom. The second-order valence-electron chi connectivity index (χ2n) is 10.1. The van der Waals surface area contributed by atoms with Crippen LogP contribution in [0.3, 0.4) is 0 Å². The molecular weight excluding hydrogens is 390 g/mol. The molecule has 0 aliphatic heterocycles. The van der Waals surface area contributed by atoms with Gasteiger partial charge < -0.3 is 9.99 Å². The lowest BCUT2D eigenvalue weighted by Gasteiger charge is -2.64. The van der Waals surface area contributed by atoms with Gasteiger partial charge in [0, 0.05) is 5.41 Å². The quantitative estimate of drug-likeness (QED) is 0.264. The molecule has 2 unspecified atom stereocenters. The standard InChI is InChI=1S/C20H30F2O5S/c1-13-2-4-16(5-3-13)19-9-14-6-15(10-19)8-18(7-14,11-19)12-25-17(23)20(21,22)28-27-26-24/h13-16,24H,2-12H2,1H3/p-1. The fourth-order valence-electron chi connectivity index (χ4n) is 7.44. The molecule has 0 N–H and O–H groups in total. The van der Waals surface area contributed by atoms with Gasteiger partial charge in [-0.15, -0.1) is 0 Å². The highest BCUT2D eigenvalue weighted by molar-refractivity contribution is 7.96. The largest absolute Gasteiger partial charge is 0.691 e. The van der Waals surface area contributed by atoms with Gasteiger partial charge >= 0.3 is 11.2 Å². The van der Waals surface area contributed by atoms with Crippen LogP contribution in [0.1, 0.15) is 71.1 Å². The van der Waals surface area contributed by atoms with Crippen LogP contribution < -0.4 is 5.26 Å². The van der Waals surface area contributed by atoms with Crippen molar-refractivity contribution in [3.8, 4) is 0 Å². The highest BCUT2D eigenvalue weighted by Gasteiger charge is 2.60. The molecule has 5 saturated carbocycles. The van der Waals surface area contributed by atoms with E-state index in [4.69, 9.17) is 4.74 Å². The number of ether oxygens (including phenoxy) is 1. The maximum Gasteiger partial charge on any atom is 0.415 e. The van der Waals surface area contributed by atoms with Crippen molar-refractivity contribution in [2.45, 2.75) is 76.4 Å². The van der Waals surface area contributed by atoms with Gasteiger partial charge in [0.05, 0.1) is 6.61 Å². The third kappa shape index (κ3) is 3.94. The number of rotatable bonds is 7. The van der Waals surface area contributed by atoms with Crippen LogP contribution in [0.2, 0.25) is 0 Å². The first-order valence-electron chi connectivity index (χ1n) is 10.5. The average molecular weight is 420 g/mol. The van der Waals surface area contributed by atoms with Crippen LogP contribution in [0, 0.1) is 34.5 Å². The van der Waals surface area contributed by atoms with Crippen LogP contribution >= 0.6 is 12.0 Å². The summed E-state index contributed by atoms with van der Waals surface area (Å²) in [5.74, 6) is 1.13. The Hall–Kier alpha value is -0.440. The molecule has 5 aliphatic rings. The lowest BCUT2D eigenvalue weighted by atomic mass is 9.41. The van der Waals surface area contributed by atoms with Crippen molar-refractivity contribution in [1.29, 1.82) is 0 Å². The molecule has 0 aromatic rings. The molecule has 0 spiro atoms. The van der Waals surface area contributed by atoms with Gasteiger partial charge in [0.1, 0.15) is 12.0 Å². The van der Waals surface area contributed by atoms with Crippen molar-refractivity contribution in [3.63, 3.8) is 0 Å². The van der Waals surface area contributed by atoms with Crippen molar-refractivity contribution in [2.75, 3.05) is 6.61 Å². The minimum atomic E-state index is -3.95. The predicted octanol–water partition coefficient (Wildman–Crippen LogP) is 4.41. The smallest absolute Gasteiger partial charge is 0.415 e. The lowest BCUT2D eigenvalue weighted by Crippen LogP contribution is -2.56. The van der Waals surface area contributed by atoms with Crippen LogP contribution in [0.15, 0.2) is 0 Å². The molecule has 0 radical (unpaired) electrons. The molecule has 0 saturated heterocycles. The van der Waals surface area contributed by atoms with E-state index >= 15 is 0 Å². The number of carbonyl (C=O) groups excluding carboxylic acids is 1. The van der Waals surface area contributed by atoms with Crippen LogP contribution in [-0.2, 0) is 18.9 Å². The second kappa shape index (κ2) is 7.67. The van der Waals surface area contributed by atoms with E-state index in [2.05, 4.69) is 16.3 Å². The summed E-state index contributed by atoms with van der Waals surface area (Å²) in [6.45, 7) is 2.37. The van der Waals surface area contributed by atoms with Gasteiger partial charge in [0.15, 0.2) is 0 Å². The van der Waals surface area contributed by atoms with Crippen molar-refractivity contribution >= 4 is 18.0 Å². The zero-order chi connectivity index (χ0) is 20.0. The summed E-state index contributed by atoms with van der Waals surface area (Å²) in [5, 5.41) is 8.73. The molecule has 160 valence electrons. The van der Waals surface area contributed by atoms with Gasteiger partial charge in [-0.1, -0.05) is 19.8 Å². The first-order chi connectivity index (χ1) is 13.3. The topological polar surface area (TPSA) is 67.8 Å². The lowest BCUT2D eigenvalue weighted by molar-refractivity contribution is -0.777. The summed E-state index contributed by atoms with van der Waals surface area (Å²) in [4.78, 5) is 11.9. The van der Waals surface area contributed by atoms with Crippen molar-refractivity contribution in [3.05, 3.63) is 0 Å². The summed E-state index contributed by atoms with van der Waals surface area (Å²) in [7, 11) is 0. The first-order valence-corrected chi connectivity index (χ1v) is 11.2. The van der Waals surface area contributed by atoms with E-state index in [-0.39, 0.29) is 12.0 Å². The SMILES string of the molecule is CC1CCC(C23CC4CC(CC(COC(=O)C(F)(F)SOO[O-])(C4)C2)C3)CC1. The van der Waals surface area contributed by atoms with Gasteiger partial charge in [-0.2, -0.15) is 13.1 Å². The molecule has 5 nitrogen and oxygen atoms in total. The highest BCUT2D eigenvalue weighted by atomic mass is 32.2. The summed E-state index contributed by atoms with van der Waals surface area (Å²) in [6.07, 6.45) is 11.8. The molecule has 0 heterocycles. The van der Waals surface area contributed by atoms with Crippen LogP contribution in [-0.4, -0.2) is 17.8 Å². The van der Waals surface area contributed by atoms with E-state index in [0.717, 1.165) is 31.1 Å². The monoisotopic (exact) mass is 419 g/mol. The summed E-state index contributed by atoms with van der Waals surface area (Å²) < 4.78 is 36.1. The number of halogens is 2. The maximum absolute atomic E-state index is 13.7. The van der Waals surface area contributed by atoms with E-state index < -0.39 is 23.3 Å². The van der Waals surface area contributed by atoms with E-state index in [1.165, 1.54) is 44.9 Å². The number of hydrogen-bond acceptors (Lipinski definition) is 6. The summed E-state index contributed by atoms with van der Waals surface area (Å²) in [6, 6.07) is 0. The van der Waals surface area contributed by atoms with Crippen molar-refractivity contribution in [1.82, 2.24) is 0 Å². The normalized spacial score (nSPS) is 42.6. The Morgan fingerprint density at radius 3 is 2.39 bits per heavy atom. The fourth-order valence-corrected chi connectivity index (χ4v) is 7.68. The molecule has 5 rings (SSSR count). The van der Waals surface area contributed by atoms with Gasteiger partial charge in [-0.05, 0) is 80.5 Å². The Balaban J connectivity index is 1.44. The van der Waals surface area contributed by atoms with E-state index in [1.54, 1.807) is 0 Å². The zero-order valence-electron chi connectivity index (χ0n) is 16.3. The zero-order valence-corrected chi connectivity index (χ0v) is 17.1. The van der Waals surface area contributed by atoms with Crippen molar-refractivity contribution in [2.24, 2.45) is 34.5 Å². The Kier molecular flexibility index (Phi) is 5.70. The van der Waals surface area contributed by atoms with Crippen molar-refractivity contribution < 1.29 is 32.9 Å². The molecule has 4 bridgehead atoms. The minimum Gasteiger partial charge on any atom is -0.691 e. The Morgan fingerprint density at radius 2 is 1.79 bits per heavy atom. The van der Waals surface area contributed by atoms with E-state index in [1.807, 2.05) is 0 Å². The fraction of sp³-hybridized carbons (Fsp3) is 0.950. The number of carbonyl (C=O) groups is 1. The molecule has 0 aromatic heterocycles. The molecular formula is C20H29F2O5S-. The molecule has 5 fully saturated rings. The summed E-state index contributed by atoms with van der Waals surface area (Å²) in [5.41, 5.74) is 0.146. The molecule has 0 aromatic carbocycles. The maximum atomic E-state index is 13.7. The summed E-state index contributed by atoms with van der Waals surface area (Å²) >= 11 is -0.617. The first kappa shape index (κ1) is 20.8. The van der Waals surface area contributed by atoms with E-state index in [9.17, 15) is 18.8 Å². The van der Waals surface area contributed by atoms with Gasteiger partial charge in [0.2, 0.25) is 0 Å². The minimum absolute atomic E-state index is 0.0398. The molecule has 5 aliphatic carbocycles. The highest BCUT2D eigenvalue weighted by Crippen LogP contribution is 2.69. The number of esters is 1. The molecule has 0 amide bonds. The predicted molar refractivity (Wildman–Crippen MR) is 96.3 cm³/mol. The van der Waals surface area contributed by atoms with E-state index in [0.29, 0.717) is 17.3 Å². The van der Waals surface area contributed by atoms with Crippen LogP contribution in [0.4, 0.5) is 8.78 Å². The Labute approximate surface area is 168 Å². The number of alkyl halides is 2. The number of hydrogen-bond donors (Lipinski definition) is 0. The van der Waals surface area contributed by atoms with Crippen LogP contribution in [0.25, 0.3) is 0 Å². The molecule has 8 heteroatoms. The van der Waals surface area contributed by atoms with Crippen LogP contribution in [0.5, 0.6) is 0 Å². The Bertz CT molecular complexity index is 579. The molecule has 28 heavy (non-hydrogen) atoms. The van der Waals surface area contributed by atoms with Gasteiger partial charge in [-0.3, -0.25) is 5.04 Å². The second-order valence-corrected chi connectivity index (χ2v) is 10.9. The average Bonchev–Trinajstić information content (AvgIpc) is 2.64. The molecule has 2 atom stereocenters.